The number of halogens is 1. The number of ether oxygens (including phenoxy) is 1. The molecule has 7 heteroatoms. The van der Waals surface area contributed by atoms with Crippen LogP contribution in [0.25, 0.3) is 0 Å². The molecule has 2 aliphatic heterocycles. The van der Waals surface area contributed by atoms with Gasteiger partial charge in [-0.25, -0.2) is 4.39 Å². The van der Waals surface area contributed by atoms with Crippen LogP contribution in [-0.4, -0.2) is 42.4 Å². The van der Waals surface area contributed by atoms with Crippen molar-refractivity contribution >= 4 is 17.8 Å². The quantitative estimate of drug-likeness (QED) is 0.631. The van der Waals surface area contributed by atoms with E-state index < -0.39 is 41.1 Å². The number of carbonyl (C=O) groups excluding carboxylic acids is 3. The number of nitrogens with one attached hydrogen (secondary N) is 1. The maximum absolute atomic E-state index is 13.4. The lowest BCUT2D eigenvalue weighted by molar-refractivity contribution is -0.153. The van der Waals surface area contributed by atoms with Gasteiger partial charge in [-0.15, -0.1) is 0 Å². The first kappa shape index (κ1) is 19.3. The van der Waals surface area contributed by atoms with E-state index in [1.807, 2.05) is 30.3 Å². The highest BCUT2D eigenvalue weighted by molar-refractivity contribution is 6.09. The molecular weight excluding hydrogens is 375 g/mol. The molecule has 2 aromatic rings. The summed E-state index contributed by atoms with van der Waals surface area (Å²) in [5.41, 5.74) is 0.0625. The van der Waals surface area contributed by atoms with Crippen molar-refractivity contribution in [2.45, 2.75) is 18.0 Å². The van der Waals surface area contributed by atoms with Crippen LogP contribution in [0.5, 0.6) is 0 Å². The molecule has 2 aromatic carbocycles. The summed E-state index contributed by atoms with van der Waals surface area (Å²) in [7, 11) is 2.69. The number of nitrogens with zero attached hydrogens (tertiary/aromatic N) is 1. The van der Waals surface area contributed by atoms with Crippen LogP contribution in [0.1, 0.15) is 17.2 Å². The molecule has 4 atom stereocenters. The first-order chi connectivity index (χ1) is 13.9. The highest BCUT2D eigenvalue weighted by Crippen LogP contribution is 2.49. The SMILES string of the molecule is COC(=O)[C@]1(Cc2ccccc2)N[C@H](c2ccc(F)cc2)[C@H]2C(=O)N(C)C(=O)[C@H]21. The van der Waals surface area contributed by atoms with E-state index in [-0.39, 0.29) is 12.3 Å². The van der Waals surface area contributed by atoms with Gasteiger partial charge in [0.05, 0.1) is 18.9 Å². The lowest BCUT2D eigenvalue weighted by atomic mass is 9.76. The van der Waals surface area contributed by atoms with Crippen LogP contribution in [0.2, 0.25) is 0 Å². The number of imide groups is 1. The molecule has 2 fully saturated rings. The Morgan fingerprint density at radius 3 is 2.38 bits per heavy atom. The van der Waals surface area contributed by atoms with Gasteiger partial charge in [0, 0.05) is 19.5 Å². The highest BCUT2D eigenvalue weighted by Gasteiger charge is 2.68. The summed E-state index contributed by atoms with van der Waals surface area (Å²) in [4.78, 5) is 40.1. The number of benzene rings is 2. The molecule has 0 aromatic heterocycles. The third-order valence-corrected chi connectivity index (χ3v) is 5.98. The molecule has 0 unspecified atom stereocenters. The van der Waals surface area contributed by atoms with Gasteiger partial charge in [-0.1, -0.05) is 42.5 Å². The van der Waals surface area contributed by atoms with Gasteiger partial charge >= 0.3 is 5.97 Å². The van der Waals surface area contributed by atoms with Gasteiger partial charge in [-0.2, -0.15) is 0 Å². The van der Waals surface area contributed by atoms with Crippen molar-refractivity contribution in [2.24, 2.45) is 11.8 Å². The van der Waals surface area contributed by atoms with Gasteiger partial charge in [0.25, 0.3) is 0 Å². The molecule has 0 spiro atoms. The molecule has 2 aliphatic rings. The first-order valence-corrected chi connectivity index (χ1v) is 9.36. The maximum atomic E-state index is 13.4. The lowest BCUT2D eigenvalue weighted by Crippen LogP contribution is -2.57. The Balaban J connectivity index is 1.85. The summed E-state index contributed by atoms with van der Waals surface area (Å²) in [5, 5.41) is 3.26. The number of fused-ring (bicyclic) bond motifs is 1. The van der Waals surface area contributed by atoms with Crippen molar-refractivity contribution in [3.05, 3.63) is 71.5 Å². The van der Waals surface area contributed by atoms with E-state index in [0.717, 1.165) is 10.5 Å². The zero-order chi connectivity index (χ0) is 20.8. The molecule has 2 amide bonds. The summed E-state index contributed by atoms with van der Waals surface area (Å²) in [6, 6.07) is 14.4. The van der Waals surface area contributed by atoms with E-state index >= 15 is 0 Å². The molecule has 0 saturated carbocycles. The maximum Gasteiger partial charge on any atom is 0.327 e. The van der Waals surface area contributed by atoms with Crippen LogP contribution in [-0.2, 0) is 25.5 Å². The van der Waals surface area contributed by atoms with Crippen LogP contribution in [0, 0.1) is 17.7 Å². The predicted octanol–water partition coefficient (Wildman–Crippen LogP) is 1.86. The zero-order valence-electron chi connectivity index (χ0n) is 16.1. The van der Waals surface area contributed by atoms with Crippen molar-refractivity contribution in [2.75, 3.05) is 14.2 Å². The third kappa shape index (κ3) is 2.93. The molecule has 4 rings (SSSR count). The van der Waals surface area contributed by atoms with Crippen LogP contribution in [0.15, 0.2) is 54.6 Å². The fourth-order valence-electron chi connectivity index (χ4n) is 4.63. The molecule has 1 N–H and O–H groups in total. The van der Waals surface area contributed by atoms with Crippen molar-refractivity contribution in [3.8, 4) is 0 Å². The Morgan fingerprint density at radius 2 is 1.76 bits per heavy atom. The van der Waals surface area contributed by atoms with Crippen molar-refractivity contribution in [1.29, 1.82) is 0 Å². The van der Waals surface area contributed by atoms with Gasteiger partial charge in [0.2, 0.25) is 11.8 Å². The molecule has 2 saturated heterocycles. The molecule has 0 radical (unpaired) electrons. The Hall–Kier alpha value is -3.06. The number of rotatable bonds is 4. The second-order valence-electron chi connectivity index (χ2n) is 7.54. The van der Waals surface area contributed by atoms with Crippen molar-refractivity contribution < 1.29 is 23.5 Å². The Kier molecular flexibility index (Phi) is 4.70. The lowest BCUT2D eigenvalue weighted by Gasteiger charge is -2.32. The van der Waals surface area contributed by atoms with Gasteiger partial charge in [0.1, 0.15) is 11.4 Å². The van der Waals surface area contributed by atoms with Crippen LogP contribution in [0.4, 0.5) is 4.39 Å². The standard InChI is InChI=1S/C22H21FN2O4/c1-25-19(26)16-17(20(25)27)22(21(28)29-2,12-13-6-4-3-5-7-13)24-18(16)14-8-10-15(23)11-9-14/h3-11,16-18,24H,12H2,1-2H3/t16-,17-,18+,22+/m0/s1. The van der Waals surface area contributed by atoms with E-state index in [1.54, 1.807) is 12.1 Å². The molecule has 0 aliphatic carbocycles. The summed E-state index contributed by atoms with van der Waals surface area (Å²) in [6.07, 6.45) is 0.187. The van der Waals surface area contributed by atoms with Crippen molar-refractivity contribution in [3.63, 3.8) is 0 Å². The van der Waals surface area contributed by atoms with Gasteiger partial charge < -0.3 is 4.74 Å². The Labute approximate surface area is 167 Å². The normalized spacial score (nSPS) is 28.5. The fraction of sp³-hybridized carbons (Fsp3) is 0.318. The molecule has 150 valence electrons. The second-order valence-corrected chi connectivity index (χ2v) is 7.54. The number of hydrogen-bond donors (Lipinski definition) is 1. The van der Waals surface area contributed by atoms with Crippen molar-refractivity contribution in [1.82, 2.24) is 10.2 Å². The number of hydrogen-bond acceptors (Lipinski definition) is 5. The minimum atomic E-state index is -1.41. The molecular formula is C22H21FN2O4. The minimum absolute atomic E-state index is 0.187. The predicted molar refractivity (Wildman–Crippen MR) is 102 cm³/mol. The summed E-state index contributed by atoms with van der Waals surface area (Å²) < 4.78 is 18.5. The molecule has 2 heterocycles. The summed E-state index contributed by atoms with van der Waals surface area (Å²) >= 11 is 0. The zero-order valence-corrected chi connectivity index (χ0v) is 16.1. The molecule has 6 nitrogen and oxygen atoms in total. The van der Waals surface area contributed by atoms with Gasteiger partial charge in [-0.05, 0) is 23.3 Å². The number of esters is 1. The van der Waals surface area contributed by atoms with Crippen LogP contribution >= 0.6 is 0 Å². The third-order valence-electron chi connectivity index (χ3n) is 5.98. The Bertz CT molecular complexity index is 963. The first-order valence-electron chi connectivity index (χ1n) is 9.36. The largest absolute Gasteiger partial charge is 0.468 e. The van der Waals surface area contributed by atoms with E-state index in [9.17, 15) is 18.8 Å². The smallest absolute Gasteiger partial charge is 0.327 e. The highest BCUT2D eigenvalue weighted by atomic mass is 19.1. The number of methoxy groups -OCH3 is 1. The van der Waals surface area contributed by atoms with Gasteiger partial charge in [-0.3, -0.25) is 24.6 Å². The number of likely N-dealkylation sites (tertiary alicyclic amines) is 1. The van der Waals surface area contributed by atoms with Crippen LogP contribution < -0.4 is 5.32 Å². The Morgan fingerprint density at radius 1 is 1.10 bits per heavy atom. The molecule has 0 bridgehead atoms. The van der Waals surface area contributed by atoms with E-state index in [2.05, 4.69) is 5.32 Å². The minimum Gasteiger partial charge on any atom is -0.468 e. The number of carbonyl (C=O) groups is 3. The summed E-state index contributed by atoms with van der Waals surface area (Å²) in [5.74, 6) is -3.47. The summed E-state index contributed by atoms with van der Waals surface area (Å²) in [6.45, 7) is 0. The van der Waals surface area contributed by atoms with E-state index in [1.165, 1.54) is 26.3 Å². The average molecular weight is 396 g/mol. The fourth-order valence-corrected chi connectivity index (χ4v) is 4.63. The van der Waals surface area contributed by atoms with E-state index in [4.69, 9.17) is 4.74 Å². The average Bonchev–Trinajstić information content (AvgIpc) is 3.19. The van der Waals surface area contributed by atoms with Gasteiger partial charge in [0.15, 0.2) is 0 Å². The van der Waals surface area contributed by atoms with E-state index in [0.29, 0.717) is 5.56 Å². The molecule has 29 heavy (non-hydrogen) atoms. The topological polar surface area (TPSA) is 75.7 Å². The second kappa shape index (κ2) is 7.08. The monoisotopic (exact) mass is 396 g/mol. The number of amides is 2. The van der Waals surface area contributed by atoms with Crippen LogP contribution in [0.3, 0.4) is 0 Å².